The van der Waals surface area contributed by atoms with Crippen molar-refractivity contribution in [2.75, 3.05) is 5.32 Å². The molecule has 0 aliphatic rings. The van der Waals surface area contributed by atoms with Crippen molar-refractivity contribution >= 4 is 28.2 Å². The van der Waals surface area contributed by atoms with E-state index in [-0.39, 0.29) is 10.6 Å². The SMILES string of the molecule is O=c1c(Cl)c(NCc2cccc3cccnc23)cnn1-c1ccccc1. The molecule has 0 atom stereocenters. The summed E-state index contributed by atoms with van der Waals surface area (Å²) in [6.45, 7) is 0.491. The molecule has 5 nitrogen and oxygen atoms in total. The second-order valence-electron chi connectivity index (χ2n) is 5.77. The Labute approximate surface area is 154 Å². The average Bonchev–Trinajstić information content (AvgIpc) is 2.70. The van der Waals surface area contributed by atoms with Crippen LogP contribution in [-0.2, 0) is 6.54 Å². The van der Waals surface area contributed by atoms with Crippen LogP contribution in [0.3, 0.4) is 0 Å². The number of aromatic nitrogens is 3. The molecule has 2 heterocycles. The smallest absolute Gasteiger partial charge is 0.292 e. The van der Waals surface area contributed by atoms with Crippen molar-refractivity contribution in [3.63, 3.8) is 0 Å². The molecule has 0 spiro atoms. The third-order valence-corrected chi connectivity index (χ3v) is 4.47. The van der Waals surface area contributed by atoms with Gasteiger partial charge in [-0.1, -0.05) is 54.1 Å². The number of rotatable bonds is 4. The summed E-state index contributed by atoms with van der Waals surface area (Å²) in [5, 5.41) is 8.59. The van der Waals surface area contributed by atoms with Gasteiger partial charge in [0.2, 0.25) is 0 Å². The summed E-state index contributed by atoms with van der Waals surface area (Å²) in [5.41, 5.74) is 2.75. The molecule has 26 heavy (non-hydrogen) atoms. The predicted octanol–water partition coefficient (Wildman–Crippen LogP) is 4.05. The number of pyridine rings is 1. The second kappa shape index (κ2) is 6.98. The van der Waals surface area contributed by atoms with Crippen LogP contribution < -0.4 is 10.9 Å². The minimum atomic E-state index is -0.362. The van der Waals surface area contributed by atoms with E-state index in [0.717, 1.165) is 16.5 Å². The van der Waals surface area contributed by atoms with Crippen LogP contribution in [0.25, 0.3) is 16.6 Å². The van der Waals surface area contributed by atoms with Crippen molar-refractivity contribution in [2.45, 2.75) is 6.54 Å². The van der Waals surface area contributed by atoms with Crippen molar-refractivity contribution in [1.29, 1.82) is 0 Å². The van der Waals surface area contributed by atoms with Gasteiger partial charge in [-0.2, -0.15) is 9.78 Å². The summed E-state index contributed by atoms with van der Waals surface area (Å²) in [6, 6.07) is 19.1. The lowest BCUT2D eigenvalue weighted by atomic mass is 10.1. The number of hydrogen-bond donors (Lipinski definition) is 1. The van der Waals surface area contributed by atoms with Crippen LogP contribution in [0.4, 0.5) is 5.69 Å². The van der Waals surface area contributed by atoms with Crippen LogP contribution in [0.15, 0.2) is 77.9 Å². The van der Waals surface area contributed by atoms with Crippen LogP contribution >= 0.6 is 11.6 Å². The zero-order valence-corrected chi connectivity index (χ0v) is 14.5. The number of para-hydroxylation sites is 2. The van der Waals surface area contributed by atoms with Gasteiger partial charge >= 0.3 is 0 Å². The van der Waals surface area contributed by atoms with E-state index in [1.54, 1.807) is 24.5 Å². The van der Waals surface area contributed by atoms with Crippen molar-refractivity contribution < 1.29 is 0 Å². The number of halogens is 1. The van der Waals surface area contributed by atoms with Crippen LogP contribution in [0.1, 0.15) is 5.56 Å². The maximum Gasteiger partial charge on any atom is 0.292 e. The number of fused-ring (bicyclic) bond motifs is 1. The van der Waals surface area contributed by atoms with Gasteiger partial charge in [0.25, 0.3) is 5.56 Å². The Kier molecular flexibility index (Phi) is 4.37. The molecule has 0 unspecified atom stereocenters. The molecule has 1 N–H and O–H groups in total. The first kappa shape index (κ1) is 16.3. The molecule has 0 saturated carbocycles. The lowest BCUT2D eigenvalue weighted by Gasteiger charge is -2.11. The van der Waals surface area contributed by atoms with Crippen molar-refractivity contribution in [2.24, 2.45) is 0 Å². The minimum Gasteiger partial charge on any atom is -0.378 e. The van der Waals surface area contributed by atoms with E-state index < -0.39 is 0 Å². The molecule has 0 amide bonds. The molecule has 2 aromatic carbocycles. The number of nitrogens with zero attached hydrogens (tertiary/aromatic N) is 3. The highest BCUT2D eigenvalue weighted by atomic mass is 35.5. The molecule has 0 radical (unpaired) electrons. The molecule has 4 aromatic rings. The summed E-state index contributed by atoms with van der Waals surface area (Å²) in [6.07, 6.45) is 3.33. The Morgan fingerprint density at radius 3 is 2.65 bits per heavy atom. The van der Waals surface area contributed by atoms with Gasteiger partial charge in [0.05, 0.1) is 23.1 Å². The molecule has 128 valence electrons. The summed E-state index contributed by atoms with van der Waals surface area (Å²) >= 11 is 6.28. The monoisotopic (exact) mass is 362 g/mol. The minimum absolute atomic E-state index is 0.108. The molecule has 0 bridgehead atoms. The van der Waals surface area contributed by atoms with Gasteiger partial charge in [-0.15, -0.1) is 0 Å². The van der Waals surface area contributed by atoms with E-state index >= 15 is 0 Å². The molecule has 0 saturated heterocycles. The van der Waals surface area contributed by atoms with Crippen molar-refractivity contribution in [3.8, 4) is 5.69 Å². The van der Waals surface area contributed by atoms with Gasteiger partial charge in [0, 0.05) is 18.1 Å². The van der Waals surface area contributed by atoms with E-state index in [2.05, 4.69) is 15.4 Å². The van der Waals surface area contributed by atoms with Gasteiger partial charge in [-0.05, 0) is 23.8 Å². The molecular weight excluding hydrogens is 348 g/mol. The highest BCUT2D eigenvalue weighted by molar-refractivity contribution is 6.32. The zero-order valence-electron chi connectivity index (χ0n) is 13.8. The fraction of sp³-hybridized carbons (Fsp3) is 0.0500. The van der Waals surface area contributed by atoms with E-state index in [4.69, 9.17) is 11.6 Å². The summed E-state index contributed by atoms with van der Waals surface area (Å²) in [7, 11) is 0. The summed E-state index contributed by atoms with van der Waals surface area (Å²) in [5.74, 6) is 0. The van der Waals surface area contributed by atoms with E-state index in [1.807, 2.05) is 48.5 Å². The first-order chi connectivity index (χ1) is 12.7. The number of hydrogen-bond acceptors (Lipinski definition) is 4. The third-order valence-electron chi connectivity index (χ3n) is 4.11. The predicted molar refractivity (Wildman–Crippen MR) is 104 cm³/mol. The Morgan fingerprint density at radius 2 is 1.81 bits per heavy atom. The third kappa shape index (κ3) is 3.05. The van der Waals surface area contributed by atoms with Crippen LogP contribution in [-0.4, -0.2) is 14.8 Å². The molecule has 6 heteroatoms. The molecule has 0 aliphatic carbocycles. The molecule has 0 aliphatic heterocycles. The first-order valence-electron chi connectivity index (χ1n) is 8.14. The molecule has 4 rings (SSSR count). The lowest BCUT2D eigenvalue weighted by Crippen LogP contribution is -2.22. The normalized spacial score (nSPS) is 10.8. The van der Waals surface area contributed by atoms with E-state index in [1.165, 1.54) is 4.68 Å². The van der Waals surface area contributed by atoms with Gasteiger partial charge in [0.1, 0.15) is 5.02 Å². The number of anilines is 1. The largest absolute Gasteiger partial charge is 0.378 e. The Bertz CT molecular complexity index is 1120. The molecule has 0 fully saturated rings. The van der Waals surface area contributed by atoms with Gasteiger partial charge in [-0.3, -0.25) is 9.78 Å². The van der Waals surface area contributed by atoms with E-state index in [0.29, 0.717) is 17.9 Å². The molecular formula is C20H15ClN4O. The quantitative estimate of drug-likeness (QED) is 0.595. The lowest BCUT2D eigenvalue weighted by molar-refractivity contribution is 0.807. The maximum absolute atomic E-state index is 12.5. The Hall–Kier alpha value is -3.18. The molecule has 2 aromatic heterocycles. The maximum atomic E-state index is 12.5. The highest BCUT2D eigenvalue weighted by Gasteiger charge is 2.11. The van der Waals surface area contributed by atoms with Crippen LogP contribution in [0, 0.1) is 0 Å². The van der Waals surface area contributed by atoms with Gasteiger partial charge < -0.3 is 5.32 Å². The topological polar surface area (TPSA) is 59.8 Å². The zero-order chi connectivity index (χ0) is 17.9. The Morgan fingerprint density at radius 1 is 1.00 bits per heavy atom. The van der Waals surface area contributed by atoms with Crippen molar-refractivity contribution in [1.82, 2.24) is 14.8 Å². The second-order valence-corrected chi connectivity index (χ2v) is 6.15. The van der Waals surface area contributed by atoms with Gasteiger partial charge in [0.15, 0.2) is 0 Å². The standard InChI is InChI=1S/C20H15ClN4O/c21-18-17(13-24-25(20(18)26)16-9-2-1-3-10-16)23-12-15-7-4-6-14-8-5-11-22-19(14)15/h1-11,13,23H,12H2. The van der Waals surface area contributed by atoms with Crippen molar-refractivity contribution in [3.05, 3.63) is 94.0 Å². The summed E-state index contributed by atoms with van der Waals surface area (Å²) < 4.78 is 1.28. The van der Waals surface area contributed by atoms with E-state index in [9.17, 15) is 4.79 Å². The fourth-order valence-electron chi connectivity index (χ4n) is 2.81. The van der Waals surface area contributed by atoms with Gasteiger partial charge in [-0.25, -0.2) is 0 Å². The number of benzene rings is 2. The fourth-order valence-corrected chi connectivity index (χ4v) is 3.01. The van der Waals surface area contributed by atoms with Crippen LogP contribution in [0.5, 0.6) is 0 Å². The summed E-state index contributed by atoms with van der Waals surface area (Å²) in [4.78, 5) is 17.0. The Balaban J connectivity index is 1.63. The van der Waals surface area contributed by atoms with Crippen LogP contribution in [0.2, 0.25) is 5.02 Å². The number of nitrogens with one attached hydrogen (secondary N) is 1. The average molecular weight is 363 g/mol. The first-order valence-corrected chi connectivity index (χ1v) is 8.51. The highest BCUT2D eigenvalue weighted by Crippen LogP contribution is 2.20.